The molecule has 1 heterocycles. The van der Waals surface area contributed by atoms with Crippen LogP contribution in [0.4, 0.5) is 5.69 Å². The summed E-state index contributed by atoms with van der Waals surface area (Å²) in [6.07, 6.45) is 1.56. The molecule has 5 nitrogen and oxygen atoms in total. The zero-order valence-electron chi connectivity index (χ0n) is 11.6. The lowest BCUT2D eigenvalue weighted by Gasteiger charge is -2.11. The first-order valence-electron chi connectivity index (χ1n) is 6.17. The Morgan fingerprint density at radius 2 is 2.15 bits per heavy atom. The van der Waals surface area contributed by atoms with Crippen LogP contribution in [0.1, 0.15) is 35.9 Å². The van der Waals surface area contributed by atoms with Crippen LogP contribution in [-0.2, 0) is 0 Å². The molecule has 2 rings (SSSR count). The molecule has 0 fully saturated rings. The zero-order chi connectivity index (χ0) is 14.9. The van der Waals surface area contributed by atoms with Gasteiger partial charge in [-0.25, -0.2) is 0 Å². The second-order valence-corrected chi connectivity index (χ2v) is 5.52. The third-order valence-electron chi connectivity index (χ3n) is 2.95. The Kier molecular flexibility index (Phi) is 4.13. The number of carbonyl (C=O) groups is 1. The van der Waals surface area contributed by atoms with Gasteiger partial charge in [-0.05, 0) is 48.0 Å². The molecule has 0 bridgehead atoms. The van der Waals surface area contributed by atoms with Gasteiger partial charge >= 0.3 is 0 Å². The van der Waals surface area contributed by atoms with Gasteiger partial charge in [-0.2, -0.15) is 5.10 Å². The number of benzene rings is 1. The number of methoxy groups -OCH3 is 1. The third kappa shape index (κ3) is 2.56. The van der Waals surface area contributed by atoms with Crippen molar-refractivity contribution in [2.75, 3.05) is 12.8 Å². The molecule has 0 radical (unpaired) electrons. The van der Waals surface area contributed by atoms with Crippen molar-refractivity contribution in [1.82, 2.24) is 9.78 Å². The van der Waals surface area contributed by atoms with Crippen LogP contribution in [0.15, 0.2) is 28.9 Å². The Morgan fingerprint density at radius 1 is 1.45 bits per heavy atom. The van der Waals surface area contributed by atoms with Crippen LogP contribution in [0, 0.1) is 0 Å². The van der Waals surface area contributed by atoms with Gasteiger partial charge in [0.15, 0.2) is 11.4 Å². The molecule has 0 atom stereocenters. The molecule has 0 saturated heterocycles. The van der Waals surface area contributed by atoms with Crippen LogP contribution >= 0.6 is 15.9 Å². The Morgan fingerprint density at radius 3 is 2.70 bits per heavy atom. The molecule has 1 aromatic carbocycles. The average molecular weight is 338 g/mol. The van der Waals surface area contributed by atoms with Gasteiger partial charge in [0.25, 0.3) is 0 Å². The van der Waals surface area contributed by atoms with Crippen molar-refractivity contribution >= 4 is 27.4 Å². The lowest BCUT2D eigenvalue weighted by atomic mass is 10.1. The average Bonchev–Trinajstić information content (AvgIpc) is 2.85. The minimum Gasteiger partial charge on any atom is -0.493 e. The number of hydrogen-bond acceptors (Lipinski definition) is 4. The van der Waals surface area contributed by atoms with E-state index in [2.05, 4.69) is 21.0 Å². The molecule has 0 aliphatic heterocycles. The summed E-state index contributed by atoms with van der Waals surface area (Å²) in [6.45, 7) is 3.92. The first-order valence-corrected chi connectivity index (χ1v) is 6.96. The van der Waals surface area contributed by atoms with Crippen molar-refractivity contribution in [2.45, 2.75) is 19.9 Å². The number of nitrogens with two attached hydrogens (primary N) is 1. The number of ketones is 1. The van der Waals surface area contributed by atoms with Crippen LogP contribution in [0.2, 0.25) is 0 Å². The maximum absolute atomic E-state index is 12.7. The summed E-state index contributed by atoms with van der Waals surface area (Å²) in [5, 5.41) is 4.21. The molecule has 0 amide bonds. The highest BCUT2D eigenvalue weighted by Gasteiger charge is 2.22. The Labute approximate surface area is 125 Å². The highest BCUT2D eigenvalue weighted by molar-refractivity contribution is 9.10. The molecule has 0 aliphatic rings. The maximum atomic E-state index is 12.7. The predicted octanol–water partition coefficient (Wildman–Crippen LogP) is 3.05. The van der Waals surface area contributed by atoms with Crippen LogP contribution in [0.25, 0.3) is 0 Å². The molecule has 0 unspecified atom stereocenters. The van der Waals surface area contributed by atoms with Gasteiger partial charge in [-0.1, -0.05) is 0 Å². The number of nitrogen functional groups attached to an aromatic ring is 1. The minimum atomic E-state index is -0.145. The minimum absolute atomic E-state index is 0.0649. The van der Waals surface area contributed by atoms with E-state index in [0.29, 0.717) is 27.2 Å². The second-order valence-electron chi connectivity index (χ2n) is 4.67. The quantitative estimate of drug-likeness (QED) is 0.687. The molecule has 2 aromatic rings. The molecule has 0 saturated carbocycles. The van der Waals surface area contributed by atoms with Gasteiger partial charge in [0.2, 0.25) is 5.78 Å². The van der Waals surface area contributed by atoms with Gasteiger partial charge in [0.1, 0.15) is 0 Å². The molecule has 0 spiro atoms. The van der Waals surface area contributed by atoms with Crippen molar-refractivity contribution in [3.8, 4) is 5.75 Å². The smallest absolute Gasteiger partial charge is 0.214 e. The van der Waals surface area contributed by atoms with Crippen LogP contribution in [0.3, 0.4) is 0 Å². The SMILES string of the molecule is COc1cnn(C(C)C)c1C(=O)c1ccc(N)c(Br)c1. The lowest BCUT2D eigenvalue weighted by molar-refractivity contribution is 0.102. The van der Waals surface area contributed by atoms with Gasteiger partial charge in [-0.3, -0.25) is 9.48 Å². The van der Waals surface area contributed by atoms with E-state index in [1.54, 1.807) is 29.1 Å². The van der Waals surface area contributed by atoms with E-state index in [-0.39, 0.29) is 11.8 Å². The van der Waals surface area contributed by atoms with Crippen LogP contribution in [0.5, 0.6) is 5.75 Å². The normalized spacial score (nSPS) is 10.8. The topological polar surface area (TPSA) is 70.1 Å². The first kappa shape index (κ1) is 14.6. The van der Waals surface area contributed by atoms with E-state index < -0.39 is 0 Å². The standard InChI is InChI=1S/C14H16BrN3O2/c1-8(2)18-13(12(20-3)7-17-18)14(19)9-4-5-11(16)10(15)6-9/h4-8H,16H2,1-3H3. The van der Waals surface area contributed by atoms with E-state index in [4.69, 9.17) is 10.5 Å². The van der Waals surface area contributed by atoms with Crippen molar-refractivity contribution in [3.05, 3.63) is 40.1 Å². The predicted molar refractivity (Wildman–Crippen MR) is 81.2 cm³/mol. The van der Waals surface area contributed by atoms with Crippen molar-refractivity contribution < 1.29 is 9.53 Å². The lowest BCUT2D eigenvalue weighted by Crippen LogP contribution is -2.14. The van der Waals surface area contributed by atoms with Gasteiger partial charge in [0.05, 0.1) is 13.3 Å². The molecule has 20 heavy (non-hydrogen) atoms. The number of hydrogen-bond donors (Lipinski definition) is 1. The van der Waals surface area contributed by atoms with E-state index in [1.807, 2.05) is 13.8 Å². The number of halogens is 1. The fourth-order valence-corrected chi connectivity index (χ4v) is 2.29. The van der Waals surface area contributed by atoms with Crippen molar-refractivity contribution in [2.24, 2.45) is 0 Å². The number of ether oxygens (including phenoxy) is 1. The molecular formula is C14H16BrN3O2. The molecular weight excluding hydrogens is 322 g/mol. The summed E-state index contributed by atoms with van der Waals surface area (Å²) >= 11 is 3.33. The number of anilines is 1. The largest absolute Gasteiger partial charge is 0.493 e. The molecule has 106 valence electrons. The summed E-state index contributed by atoms with van der Waals surface area (Å²) < 4.78 is 7.58. The van der Waals surface area contributed by atoms with E-state index in [9.17, 15) is 4.79 Å². The molecule has 0 aliphatic carbocycles. The Balaban J connectivity index is 2.52. The van der Waals surface area contributed by atoms with E-state index >= 15 is 0 Å². The zero-order valence-corrected chi connectivity index (χ0v) is 13.1. The Hall–Kier alpha value is -1.82. The summed E-state index contributed by atoms with van der Waals surface area (Å²) in [5.41, 5.74) is 7.31. The van der Waals surface area contributed by atoms with Gasteiger partial charge in [-0.15, -0.1) is 0 Å². The summed E-state index contributed by atoms with van der Waals surface area (Å²) in [7, 11) is 1.53. The summed E-state index contributed by atoms with van der Waals surface area (Å²) in [4.78, 5) is 12.7. The van der Waals surface area contributed by atoms with Gasteiger partial charge < -0.3 is 10.5 Å². The highest BCUT2D eigenvalue weighted by atomic mass is 79.9. The molecule has 1 aromatic heterocycles. The molecule has 2 N–H and O–H groups in total. The van der Waals surface area contributed by atoms with Gasteiger partial charge in [0, 0.05) is 21.8 Å². The summed E-state index contributed by atoms with van der Waals surface area (Å²) in [6, 6.07) is 5.16. The molecule has 6 heteroatoms. The fourth-order valence-electron chi connectivity index (χ4n) is 1.91. The van der Waals surface area contributed by atoms with E-state index in [0.717, 1.165) is 0 Å². The second kappa shape index (κ2) is 5.66. The number of rotatable bonds is 4. The fraction of sp³-hybridized carbons (Fsp3) is 0.286. The monoisotopic (exact) mass is 337 g/mol. The summed E-state index contributed by atoms with van der Waals surface area (Å²) in [5.74, 6) is 0.324. The third-order valence-corrected chi connectivity index (χ3v) is 3.64. The first-order chi connectivity index (χ1) is 9.45. The van der Waals surface area contributed by atoms with Crippen LogP contribution < -0.4 is 10.5 Å². The maximum Gasteiger partial charge on any atom is 0.214 e. The number of nitrogens with zero attached hydrogens (tertiary/aromatic N) is 2. The van der Waals surface area contributed by atoms with Crippen LogP contribution in [-0.4, -0.2) is 22.7 Å². The number of aromatic nitrogens is 2. The van der Waals surface area contributed by atoms with E-state index in [1.165, 1.54) is 7.11 Å². The number of carbonyl (C=O) groups excluding carboxylic acids is 1. The van der Waals surface area contributed by atoms with Crippen molar-refractivity contribution in [1.29, 1.82) is 0 Å². The van der Waals surface area contributed by atoms with Crippen molar-refractivity contribution in [3.63, 3.8) is 0 Å². The Bertz CT molecular complexity index is 650. The highest BCUT2D eigenvalue weighted by Crippen LogP contribution is 2.27.